The molecule has 1 aromatic carbocycles. The fourth-order valence-electron chi connectivity index (χ4n) is 1.93. The lowest BCUT2D eigenvalue weighted by atomic mass is 10.1. The molecule has 2 N–H and O–H groups in total. The third-order valence-electron chi connectivity index (χ3n) is 2.79. The van der Waals surface area contributed by atoms with Crippen LogP contribution in [0.1, 0.15) is 28.8 Å². The molecule has 0 bridgehead atoms. The van der Waals surface area contributed by atoms with Crippen LogP contribution in [-0.2, 0) is 0 Å². The molecule has 1 heterocycles. The van der Waals surface area contributed by atoms with Gasteiger partial charge in [-0.15, -0.1) is 10.2 Å². The predicted molar refractivity (Wildman–Crippen MR) is 60.9 cm³/mol. The van der Waals surface area contributed by atoms with E-state index in [-0.39, 0.29) is 0 Å². The summed E-state index contributed by atoms with van der Waals surface area (Å²) in [5, 5.41) is 9.61. The predicted octanol–water partition coefficient (Wildman–Crippen LogP) is 2.39. The van der Waals surface area contributed by atoms with Gasteiger partial charge in [0.15, 0.2) is 0 Å². The summed E-state index contributed by atoms with van der Waals surface area (Å²) in [7, 11) is 0. The maximum Gasteiger partial charge on any atom is 0.203 e. The Bertz CT molecular complexity index is 466. The molecule has 4 heteroatoms. The van der Waals surface area contributed by atoms with Gasteiger partial charge in [-0.25, -0.2) is 0 Å². The largest absolute Gasteiger partial charge is 0.374 e. The van der Waals surface area contributed by atoms with E-state index in [1.54, 1.807) is 0 Å². The standard InChI is InChI=1S/C11H11N3S/c12-11-14-13-10(15-11)9-6-8(9)7-4-2-1-3-5-7/h1-5,8-9H,6H2,(H2,12,14). The molecule has 0 aliphatic heterocycles. The summed E-state index contributed by atoms with van der Waals surface area (Å²) in [5.74, 6) is 1.17. The average molecular weight is 217 g/mol. The summed E-state index contributed by atoms with van der Waals surface area (Å²) in [6.45, 7) is 0. The van der Waals surface area contributed by atoms with Crippen molar-refractivity contribution in [1.82, 2.24) is 10.2 Å². The summed E-state index contributed by atoms with van der Waals surface area (Å²) in [5.41, 5.74) is 6.97. The molecule has 2 aromatic rings. The molecule has 0 radical (unpaired) electrons. The Morgan fingerprint density at radius 3 is 2.60 bits per heavy atom. The van der Waals surface area contributed by atoms with Gasteiger partial charge in [0.2, 0.25) is 5.13 Å². The molecule has 0 saturated heterocycles. The van der Waals surface area contributed by atoms with Crippen molar-refractivity contribution in [1.29, 1.82) is 0 Å². The molecule has 15 heavy (non-hydrogen) atoms. The van der Waals surface area contributed by atoms with Crippen molar-refractivity contribution in [2.45, 2.75) is 18.3 Å². The van der Waals surface area contributed by atoms with Crippen molar-refractivity contribution in [3.05, 3.63) is 40.9 Å². The molecule has 1 aliphatic carbocycles. The van der Waals surface area contributed by atoms with Crippen molar-refractivity contribution in [2.24, 2.45) is 0 Å². The molecule has 1 aromatic heterocycles. The molecule has 1 fully saturated rings. The summed E-state index contributed by atoms with van der Waals surface area (Å²) >= 11 is 1.51. The van der Waals surface area contributed by atoms with Crippen LogP contribution < -0.4 is 5.73 Å². The molecular weight excluding hydrogens is 206 g/mol. The first-order chi connectivity index (χ1) is 7.34. The molecule has 2 unspecified atom stereocenters. The number of anilines is 1. The number of benzene rings is 1. The highest BCUT2D eigenvalue weighted by Crippen LogP contribution is 2.55. The Labute approximate surface area is 92.0 Å². The van der Waals surface area contributed by atoms with Gasteiger partial charge in [-0.05, 0) is 17.9 Å². The Kier molecular flexibility index (Phi) is 1.95. The third kappa shape index (κ3) is 1.61. The maximum absolute atomic E-state index is 5.57. The minimum absolute atomic E-state index is 0.544. The molecule has 3 rings (SSSR count). The van der Waals surface area contributed by atoms with Crippen molar-refractivity contribution < 1.29 is 0 Å². The second-order valence-corrected chi connectivity index (χ2v) is 4.88. The van der Waals surface area contributed by atoms with E-state index in [1.165, 1.54) is 23.3 Å². The van der Waals surface area contributed by atoms with Crippen LogP contribution in [0.15, 0.2) is 30.3 Å². The van der Waals surface area contributed by atoms with Crippen molar-refractivity contribution >= 4 is 16.5 Å². The smallest absolute Gasteiger partial charge is 0.203 e. The topological polar surface area (TPSA) is 51.8 Å². The molecule has 1 saturated carbocycles. The first-order valence-electron chi connectivity index (χ1n) is 4.98. The Morgan fingerprint density at radius 2 is 1.93 bits per heavy atom. The van der Waals surface area contributed by atoms with E-state index in [9.17, 15) is 0 Å². The van der Waals surface area contributed by atoms with Crippen LogP contribution >= 0.6 is 11.3 Å². The lowest BCUT2D eigenvalue weighted by Gasteiger charge is -1.96. The highest BCUT2D eigenvalue weighted by atomic mass is 32.1. The van der Waals surface area contributed by atoms with Gasteiger partial charge in [0.25, 0.3) is 0 Å². The Morgan fingerprint density at radius 1 is 1.13 bits per heavy atom. The quantitative estimate of drug-likeness (QED) is 0.840. The first kappa shape index (κ1) is 8.85. The molecule has 1 aliphatic rings. The summed E-state index contributed by atoms with van der Waals surface area (Å²) < 4.78 is 0. The van der Waals surface area contributed by atoms with Gasteiger partial charge in [0.1, 0.15) is 5.01 Å². The zero-order valence-corrected chi connectivity index (χ0v) is 8.95. The lowest BCUT2D eigenvalue weighted by molar-refractivity contribution is 0.946. The van der Waals surface area contributed by atoms with Gasteiger partial charge in [-0.1, -0.05) is 41.7 Å². The normalized spacial score (nSPS) is 24.0. The number of nitrogens with zero attached hydrogens (tertiary/aromatic N) is 2. The number of hydrogen-bond donors (Lipinski definition) is 1. The SMILES string of the molecule is Nc1nnc(C2CC2c2ccccc2)s1. The highest BCUT2D eigenvalue weighted by molar-refractivity contribution is 7.15. The zero-order valence-electron chi connectivity index (χ0n) is 8.13. The van der Waals surface area contributed by atoms with Crippen LogP contribution in [0.2, 0.25) is 0 Å². The van der Waals surface area contributed by atoms with Crippen LogP contribution in [0.4, 0.5) is 5.13 Å². The fraction of sp³-hybridized carbons (Fsp3) is 0.273. The van der Waals surface area contributed by atoms with Crippen molar-refractivity contribution in [3.8, 4) is 0 Å². The first-order valence-corrected chi connectivity index (χ1v) is 5.80. The number of rotatable bonds is 2. The van der Waals surface area contributed by atoms with E-state index in [4.69, 9.17) is 5.73 Å². The van der Waals surface area contributed by atoms with E-state index in [0.29, 0.717) is 17.0 Å². The van der Waals surface area contributed by atoms with Gasteiger partial charge in [0.05, 0.1) is 0 Å². The molecule has 0 spiro atoms. The van der Waals surface area contributed by atoms with Crippen molar-refractivity contribution in [2.75, 3.05) is 5.73 Å². The number of nitrogen functional groups attached to an aromatic ring is 1. The molecule has 76 valence electrons. The number of nitrogens with two attached hydrogens (primary N) is 1. The third-order valence-corrected chi connectivity index (χ3v) is 3.68. The summed E-state index contributed by atoms with van der Waals surface area (Å²) in [6.07, 6.45) is 1.18. The lowest BCUT2D eigenvalue weighted by Crippen LogP contribution is -1.83. The fourth-order valence-corrected chi connectivity index (χ4v) is 2.72. The zero-order chi connectivity index (χ0) is 10.3. The summed E-state index contributed by atoms with van der Waals surface area (Å²) in [4.78, 5) is 0. The monoisotopic (exact) mass is 217 g/mol. The van der Waals surface area contributed by atoms with Gasteiger partial charge >= 0.3 is 0 Å². The Balaban J connectivity index is 1.80. The van der Waals surface area contributed by atoms with E-state index in [2.05, 4.69) is 34.5 Å². The molecule has 3 nitrogen and oxygen atoms in total. The van der Waals surface area contributed by atoms with Gasteiger partial charge in [-0.2, -0.15) is 0 Å². The second-order valence-electron chi connectivity index (χ2n) is 3.84. The number of hydrogen-bond acceptors (Lipinski definition) is 4. The average Bonchev–Trinajstić information content (AvgIpc) is 2.96. The molecular formula is C11H11N3S. The van der Waals surface area contributed by atoms with Crippen LogP contribution in [0.5, 0.6) is 0 Å². The van der Waals surface area contributed by atoms with E-state index >= 15 is 0 Å². The second kappa shape index (κ2) is 3.31. The molecule has 0 amide bonds. The highest BCUT2D eigenvalue weighted by Gasteiger charge is 2.41. The van der Waals surface area contributed by atoms with Crippen LogP contribution in [0.25, 0.3) is 0 Å². The van der Waals surface area contributed by atoms with Crippen molar-refractivity contribution in [3.63, 3.8) is 0 Å². The van der Waals surface area contributed by atoms with E-state index in [1.807, 2.05) is 6.07 Å². The van der Waals surface area contributed by atoms with E-state index < -0.39 is 0 Å². The molecule has 2 atom stereocenters. The van der Waals surface area contributed by atoms with Crippen LogP contribution in [0, 0.1) is 0 Å². The summed E-state index contributed by atoms with van der Waals surface area (Å²) in [6, 6.07) is 10.6. The van der Waals surface area contributed by atoms with Crippen LogP contribution in [0.3, 0.4) is 0 Å². The van der Waals surface area contributed by atoms with E-state index in [0.717, 1.165) is 5.01 Å². The maximum atomic E-state index is 5.57. The minimum Gasteiger partial charge on any atom is -0.374 e. The van der Waals surface area contributed by atoms with Gasteiger partial charge in [0, 0.05) is 5.92 Å². The van der Waals surface area contributed by atoms with Crippen LogP contribution in [-0.4, -0.2) is 10.2 Å². The van der Waals surface area contributed by atoms with Gasteiger partial charge in [-0.3, -0.25) is 0 Å². The number of aromatic nitrogens is 2. The van der Waals surface area contributed by atoms with Gasteiger partial charge < -0.3 is 5.73 Å². The minimum atomic E-state index is 0.544. The Hall–Kier alpha value is -1.42.